The molecule has 114 valence electrons. The standard InChI is InChI=1S/C17H23NO3/c1-17(2,11-16(20)21)9-8-12-4-6-14-13(10-12)5-7-15(19)18(14)3/h4,6,10H,5,7-9,11H2,1-3H3,(H,20,21). The molecule has 0 saturated carbocycles. The first-order chi connectivity index (χ1) is 9.78. The van der Waals surface area contributed by atoms with Crippen molar-refractivity contribution in [2.75, 3.05) is 11.9 Å². The zero-order valence-electron chi connectivity index (χ0n) is 13.0. The number of nitrogens with zero attached hydrogens (tertiary/aromatic N) is 1. The van der Waals surface area contributed by atoms with Crippen molar-refractivity contribution in [2.45, 2.75) is 46.0 Å². The number of aryl methyl sites for hydroxylation is 2. The molecule has 1 aliphatic rings. The highest BCUT2D eigenvalue weighted by Gasteiger charge is 2.23. The number of carbonyl (C=O) groups is 2. The number of hydrogen-bond donors (Lipinski definition) is 1. The number of anilines is 1. The first kappa shape index (κ1) is 15.5. The molecular weight excluding hydrogens is 266 g/mol. The third-order valence-corrected chi connectivity index (χ3v) is 4.21. The molecule has 0 aromatic heterocycles. The second-order valence-electron chi connectivity index (χ2n) is 6.65. The molecule has 4 nitrogen and oxygen atoms in total. The van der Waals surface area contributed by atoms with E-state index in [2.05, 4.69) is 6.07 Å². The summed E-state index contributed by atoms with van der Waals surface area (Å²) in [5.41, 5.74) is 3.23. The molecule has 2 rings (SSSR count). The van der Waals surface area contributed by atoms with Gasteiger partial charge in [0.25, 0.3) is 0 Å². The topological polar surface area (TPSA) is 57.6 Å². The van der Waals surface area contributed by atoms with E-state index in [0.29, 0.717) is 6.42 Å². The van der Waals surface area contributed by atoms with Crippen LogP contribution in [0, 0.1) is 5.41 Å². The highest BCUT2D eigenvalue weighted by atomic mass is 16.4. The molecule has 0 saturated heterocycles. The van der Waals surface area contributed by atoms with E-state index in [4.69, 9.17) is 5.11 Å². The van der Waals surface area contributed by atoms with Gasteiger partial charge in [0.2, 0.25) is 5.91 Å². The van der Waals surface area contributed by atoms with Crippen molar-refractivity contribution in [1.29, 1.82) is 0 Å². The van der Waals surface area contributed by atoms with Crippen LogP contribution in [0.15, 0.2) is 18.2 Å². The summed E-state index contributed by atoms with van der Waals surface area (Å²) in [6.07, 6.45) is 3.26. The Bertz CT molecular complexity index is 563. The Morgan fingerprint density at radius 3 is 2.71 bits per heavy atom. The van der Waals surface area contributed by atoms with Gasteiger partial charge in [-0.2, -0.15) is 0 Å². The van der Waals surface area contributed by atoms with Crippen molar-refractivity contribution in [2.24, 2.45) is 5.41 Å². The summed E-state index contributed by atoms with van der Waals surface area (Å²) in [5.74, 6) is -0.580. The molecule has 1 aromatic carbocycles. The van der Waals surface area contributed by atoms with Crippen LogP contribution in [0.3, 0.4) is 0 Å². The molecule has 21 heavy (non-hydrogen) atoms. The van der Waals surface area contributed by atoms with E-state index in [1.165, 1.54) is 11.1 Å². The number of benzene rings is 1. The largest absolute Gasteiger partial charge is 0.481 e. The van der Waals surface area contributed by atoms with Crippen LogP contribution >= 0.6 is 0 Å². The molecule has 1 aromatic rings. The normalized spacial score (nSPS) is 15.0. The third kappa shape index (κ3) is 3.84. The average molecular weight is 289 g/mol. The van der Waals surface area contributed by atoms with E-state index in [1.54, 1.807) is 4.90 Å². The monoisotopic (exact) mass is 289 g/mol. The summed E-state index contributed by atoms with van der Waals surface area (Å²) in [5, 5.41) is 8.92. The Labute approximate surface area is 125 Å². The van der Waals surface area contributed by atoms with Gasteiger partial charge < -0.3 is 10.0 Å². The van der Waals surface area contributed by atoms with Crippen molar-refractivity contribution in [1.82, 2.24) is 0 Å². The van der Waals surface area contributed by atoms with Gasteiger partial charge in [-0.1, -0.05) is 26.0 Å². The predicted molar refractivity (Wildman–Crippen MR) is 82.5 cm³/mol. The second kappa shape index (κ2) is 5.88. The van der Waals surface area contributed by atoms with Crippen molar-refractivity contribution in [3.8, 4) is 0 Å². The number of amides is 1. The number of carboxylic acids is 1. The summed E-state index contributed by atoms with van der Waals surface area (Å²) in [7, 11) is 1.82. The highest BCUT2D eigenvalue weighted by molar-refractivity contribution is 5.95. The number of aliphatic carboxylic acids is 1. The molecule has 1 amide bonds. The fourth-order valence-corrected chi connectivity index (χ4v) is 2.85. The molecule has 0 fully saturated rings. The molecular formula is C17H23NO3. The van der Waals surface area contributed by atoms with E-state index in [1.807, 2.05) is 33.0 Å². The molecule has 4 heteroatoms. The van der Waals surface area contributed by atoms with Crippen LogP contribution < -0.4 is 4.90 Å². The SMILES string of the molecule is CN1C(=O)CCc2cc(CCC(C)(C)CC(=O)O)ccc21. The van der Waals surface area contributed by atoms with Crippen LogP contribution in [0.25, 0.3) is 0 Å². The summed E-state index contributed by atoms with van der Waals surface area (Å²) in [6, 6.07) is 6.21. The van der Waals surface area contributed by atoms with Gasteiger partial charge in [-0.3, -0.25) is 9.59 Å². The van der Waals surface area contributed by atoms with Crippen LogP contribution in [0.5, 0.6) is 0 Å². The number of carboxylic acid groups (broad SMARTS) is 1. The minimum absolute atomic E-state index is 0.165. The average Bonchev–Trinajstić information content (AvgIpc) is 2.39. The maximum absolute atomic E-state index is 11.7. The van der Waals surface area contributed by atoms with Crippen molar-refractivity contribution in [3.63, 3.8) is 0 Å². The molecule has 1 N–H and O–H groups in total. The van der Waals surface area contributed by atoms with Crippen molar-refractivity contribution >= 4 is 17.6 Å². The Morgan fingerprint density at radius 1 is 1.33 bits per heavy atom. The Hall–Kier alpha value is -1.84. The lowest BCUT2D eigenvalue weighted by molar-refractivity contribution is -0.139. The van der Waals surface area contributed by atoms with Crippen LogP contribution in [0.2, 0.25) is 0 Å². The maximum atomic E-state index is 11.7. The van der Waals surface area contributed by atoms with E-state index >= 15 is 0 Å². The first-order valence-corrected chi connectivity index (χ1v) is 7.39. The van der Waals surface area contributed by atoms with Crippen molar-refractivity contribution < 1.29 is 14.7 Å². The molecule has 0 atom stereocenters. The Kier molecular flexibility index (Phi) is 4.35. The van der Waals surface area contributed by atoms with Crippen LogP contribution in [0.4, 0.5) is 5.69 Å². The molecule has 0 spiro atoms. The molecule has 1 heterocycles. The lowest BCUT2D eigenvalue weighted by atomic mass is 9.83. The molecule has 0 unspecified atom stereocenters. The van der Waals surface area contributed by atoms with Gasteiger partial charge in [0.05, 0.1) is 6.42 Å². The number of hydrogen-bond acceptors (Lipinski definition) is 2. The lowest BCUT2D eigenvalue weighted by Crippen LogP contribution is -2.31. The van der Waals surface area contributed by atoms with E-state index in [-0.39, 0.29) is 17.7 Å². The van der Waals surface area contributed by atoms with E-state index in [0.717, 1.165) is 24.9 Å². The molecule has 0 aliphatic carbocycles. The minimum Gasteiger partial charge on any atom is -0.481 e. The van der Waals surface area contributed by atoms with Crippen LogP contribution in [-0.4, -0.2) is 24.0 Å². The Balaban J connectivity index is 2.06. The fraction of sp³-hybridized carbons (Fsp3) is 0.529. The van der Waals surface area contributed by atoms with Gasteiger partial charge in [-0.05, 0) is 41.9 Å². The zero-order chi connectivity index (χ0) is 15.6. The van der Waals surface area contributed by atoms with Crippen LogP contribution in [0.1, 0.15) is 44.2 Å². The number of carbonyl (C=O) groups excluding carboxylic acids is 1. The summed E-state index contributed by atoms with van der Waals surface area (Å²) >= 11 is 0. The van der Waals surface area contributed by atoms with E-state index in [9.17, 15) is 9.59 Å². The van der Waals surface area contributed by atoms with Gasteiger partial charge in [0.15, 0.2) is 0 Å². The predicted octanol–water partition coefficient (Wildman–Crippen LogP) is 3.03. The second-order valence-corrected chi connectivity index (χ2v) is 6.65. The minimum atomic E-state index is -0.745. The van der Waals surface area contributed by atoms with Crippen LogP contribution in [-0.2, 0) is 22.4 Å². The van der Waals surface area contributed by atoms with Gasteiger partial charge in [-0.15, -0.1) is 0 Å². The van der Waals surface area contributed by atoms with Gasteiger partial charge in [-0.25, -0.2) is 0 Å². The lowest BCUT2D eigenvalue weighted by Gasteiger charge is -2.27. The fourth-order valence-electron chi connectivity index (χ4n) is 2.85. The molecule has 1 aliphatic heterocycles. The first-order valence-electron chi connectivity index (χ1n) is 7.39. The highest BCUT2D eigenvalue weighted by Crippen LogP contribution is 2.30. The number of fused-ring (bicyclic) bond motifs is 1. The maximum Gasteiger partial charge on any atom is 0.303 e. The Morgan fingerprint density at radius 2 is 2.05 bits per heavy atom. The molecule has 0 bridgehead atoms. The summed E-state index contributed by atoms with van der Waals surface area (Å²) in [6.45, 7) is 3.98. The summed E-state index contributed by atoms with van der Waals surface area (Å²) in [4.78, 5) is 24.2. The van der Waals surface area contributed by atoms with E-state index < -0.39 is 5.97 Å². The summed E-state index contributed by atoms with van der Waals surface area (Å²) < 4.78 is 0. The smallest absolute Gasteiger partial charge is 0.303 e. The van der Waals surface area contributed by atoms with Crippen molar-refractivity contribution in [3.05, 3.63) is 29.3 Å². The number of rotatable bonds is 5. The quantitative estimate of drug-likeness (QED) is 0.906. The zero-order valence-corrected chi connectivity index (χ0v) is 13.0. The molecule has 0 radical (unpaired) electrons. The third-order valence-electron chi connectivity index (χ3n) is 4.21. The van der Waals surface area contributed by atoms with Gasteiger partial charge in [0, 0.05) is 19.2 Å². The van der Waals surface area contributed by atoms with Gasteiger partial charge >= 0.3 is 5.97 Å². The van der Waals surface area contributed by atoms with Gasteiger partial charge in [0.1, 0.15) is 0 Å².